The summed E-state index contributed by atoms with van der Waals surface area (Å²) in [4.78, 5) is 0. The Kier molecular flexibility index (Phi) is 4.55. The molecule has 0 saturated heterocycles. The minimum absolute atomic E-state index is 1.16. The van der Waals surface area contributed by atoms with E-state index in [9.17, 15) is 0 Å². The van der Waals surface area contributed by atoms with E-state index in [1.165, 1.54) is 60.4 Å². The van der Waals surface area contributed by atoms with E-state index < -0.39 is 0 Å². The summed E-state index contributed by atoms with van der Waals surface area (Å²) < 4.78 is 4.89. The fourth-order valence-electron chi connectivity index (χ4n) is 6.13. The fourth-order valence-corrected chi connectivity index (χ4v) is 6.13. The molecule has 0 atom stereocenters. The molecule has 6 aromatic carbocycles. The van der Waals surface area contributed by atoms with E-state index in [0.29, 0.717) is 0 Å². The molecule has 2 heteroatoms. The standard InChI is InChI=1S/C36H24N2/c1-4-14-25(15-5-1)30-24-31-28-20-10-12-22-32(28)37(26-16-6-2-7-17-26)36(31)34-29-21-11-13-23-33(29)38(35(30)34)27-18-8-3-9-19-27/h1-24H. The van der Waals surface area contributed by atoms with E-state index in [1.807, 2.05) is 0 Å². The van der Waals surface area contributed by atoms with Crippen molar-refractivity contribution >= 4 is 43.6 Å². The lowest BCUT2D eigenvalue weighted by molar-refractivity contribution is 1.17. The number of para-hydroxylation sites is 4. The van der Waals surface area contributed by atoms with Crippen molar-refractivity contribution in [1.29, 1.82) is 0 Å². The van der Waals surface area contributed by atoms with Crippen molar-refractivity contribution in [2.75, 3.05) is 0 Å². The van der Waals surface area contributed by atoms with Crippen LogP contribution in [0, 0.1) is 0 Å². The van der Waals surface area contributed by atoms with E-state index in [2.05, 4.69) is 155 Å². The van der Waals surface area contributed by atoms with Gasteiger partial charge in [0.05, 0.1) is 22.1 Å². The monoisotopic (exact) mass is 484 g/mol. The first-order chi connectivity index (χ1) is 18.9. The molecule has 0 radical (unpaired) electrons. The van der Waals surface area contributed by atoms with Crippen molar-refractivity contribution in [2.45, 2.75) is 0 Å². The molecule has 2 heterocycles. The summed E-state index contributed by atoms with van der Waals surface area (Å²) in [6.07, 6.45) is 0. The molecular weight excluding hydrogens is 460 g/mol. The van der Waals surface area contributed by atoms with Gasteiger partial charge in [0, 0.05) is 38.5 Å². The summed E-state index contributed by atoms with van der Waals surface area (Å²) >= 11 is 0. The molecule has 0 spiro atoms. The molecule has 38 heavy (non-hydrogen) atoms. The molecule has 0 aliphatic rings. The number of hydrogen-bond donors (Lipinski definition) is 0. The minimum Gasteiger partial charge on any atom is -0.309 e. The van der Waals surface area contributed by atoms with Crippen LogP contribution in [0.2, 0.25) is 0 Å². The third kappa shape index (κ3) is 2.95. The molecule has 2 aromatic heterocycles. The van der Waals surface area contributed by atoms with Gasteiger partial charge < -0.3 is 9.13 Å². The Morgan fingerprint density at radius 1 is 0.368 bits per heavy atom. The zero-order chi connectivity index (χ0) is 25.1. The van der Waals surface area contributed by atoms with Crippen LogP contribution in [0.25, 0.3) is 66.1 Å². The van der Waals surface area contributed by atoms with Crippen molar-refractivity contribution in [2.24, 2.45) is 0 Å². The number of benzene rings is 6. The SMILES string of the molecule is c1ccc(-c2cc3c4ccccc4n(-c4ccccc4)c3c3c4ccccc4n(-c4ccccc4)c23)cc1. The lowest BCUT2D eigenvalue weighted by Crippen LogP contribution is -1.97. The Hall–Kier alpha value is -5.08. The van der Waals surface area contributed by atoms with Crippen molar-refractivity contribution in [3.8, 4) is 22.5 Å². The third-order valence-electron chi connectivity index (χ3n) is 7.68. The van der Waals surface area contributed by atoms with Crippen LogP contribution in [0.5, 0.6) is 0 Å². The lowest BCUT2D eigenvalue weighted by Gasteiger charge is -2.14. The smallest absolute Gasteiger partial charge is 0.0641 e. The van der Waals surface area contributed by atoms with E-state index in [0.717, 1.165) is 5.69 Å². The number of aromatic nitrogens is 2. The maximum Gasteiger partial charge on any atom is 0.0641 e. The van der Waals surface area contributed by atoms with Crippen molar-refractivity contribution < 1.29 is 0 Å². The zero-order valence-corrected chi connectivity index (χ0v) is 20.8. The molecule has 8 rings (SSSR count). The average Bonchev–Trinajstić information content (AvgIpc) is 3.51. The Morgan fingerprint density at radius 2 is 0.842 bits per heavy atom. The third-order valence-corrected chi connectivity index (χ3v) is 7.68. The highest BCUT2D eigenvalue weighted by Crippen LogP contribution is 2.46. The number of rotatable bonds is 3. The van der Waals surface area contributed by atoms with E-state index in [-0.39, 0.29) is 0 Å². The predicted molar refractivity (Wildman–Crippen MR) is 161 cm³/mol. The molecule has 0 N–H and O–H groups in total. The van der Waals surface area contributed by atoms with Gasteiger partial charge in [0.25, 0.3) is 0 Å². The zero-order valence-electron chi connectivity index (χ0n) is 20.8. The van der Waals surface area contributed by atoms with Gasteiger partial charge >= 0.3 is 0 Å². The maximum absolute atomic E-state index is 2.45. The van der Waals surface area contributed by atoms with Crippen LogP contribution < -0.4 is 0 Å². The molecule has 2 nitrogen and oxygen atoms in total. The summed E-state index contributed by atoms with van der Waals surface area (Å²) in [5.74, 6) is 0. The second-order valence-corrected chi connectivity index (χ2v) is 9.79. The van der Waals surface area contributed by atoms with Crippen LogP contribution in [-0.2, 0) is 0 Å². The van der Waals surface area contributed by atoms with Gasteiger partial charge in [-0.1, -0.05) is 103 Å². The highest BCUT2D eigenvalue weighted by Gasteiger charge is 2.23. The summed E-state index contributed by atoms with van der Waals surface area (Å²) in [5.41, 5.74) is 9.70. The Balaban J connectivity index is 1.71. The molecule has 0 saturated carbocycles. The van der Waals surface area contributed by atoms with Gasteiger partial charge in [-0.3, -0.25) is 0 Å². The van der Waals surface area contributed by atoms with Gasteiger partial charge in [-0.05, 0) is 48.0 Å². The summed E-state index contributed by atoms with van der Waals surface area (Å²) in [6.45, 7) is 0. The number of nitrogens with zero attached hydrogens (tertiary/aromatic N) is 2. The molecule has 0 unspecified atom stereocenters. The summed E-state index contributed by atoms with van der Waals surface area (Å²) in [5, 5.41) is 5.07. The second-order valence-electron chi connectivity index (χ2n) is 9.79. The topological polar surface area (TPSA) is 9.86 Å². The van der Waals surface area contributed by atoms with Crippen LogP contribution in [0.4, 0.5) is 0 Å². The van der Waals surface area contributed by atoms with Crippen LogP contribution in [-0.4, -0.2) is 9.13 Å². The van der Waals surface area contributed by atoms with Crippen LogP contribution in [0.1, 0.15) is 0 Å². The predicted octanol–water partition coefficient (Wildman–Crippen LogP) is 9.55. The summed E-state index contributed by atoms with van der Waals surface area (Å²) in [7, 11) is 0. The normalized spacial score (nSPS) is 11.7. The van der Waals surface area contributed by atoms with Gasteiger partial charge in [-0.25, -0.2) is 0 Å². The van der Waals surface area contributed by atoms with Gasteiger partial charge in [0.15, 0.2) is 0 Å². The first-order valence-electron chi connectivity index (χ1n) is 13.1. The van der Waals surface area contributed by atoms with E-state index in [1.54, 1.807) is 0 Å². The maximum atomic E-state index is 2.45. The van der Waals surface area contributed by atoms with Gasteiger partial charge in [-0.2, -0.15) is 0 Å². The Labute approximate surface area is 220 Å². The number of hydrogen-bond acceptors (Lipinski definition) is 0. The highest BCUT2D eigenvalue weighted by molar-refractivity contribution is 6.29. The van der Waals surface area contributed by atoms with Crippen molar-refractivity contribution in [1.82, 2.24) is 9.13 Å². The first-order valence-corrected chi connectivity index (χ1v) is 13.1. The van der Waals surface area contributed by atoms with E-state index >= 15 is 0 Å². The van der Waals surface area contributed by atoms with Crippen LogP contribution >= 0.6 is 0 Å². The molecule has 0 aliphatic heterocycles. The second kappa shape index (κ2) is 8.22. The highest BCUT2D eigenvalue weighted by atomic mass is 15.0. The molecule has 0 aliphatic carbocycles. The molecule has 8 aromatic rings. The van der Waals surface area contributed by atoms with Gasteiger partial charge in [-0.15, -0.1) is 0 Å². The van der Waals surface area contributed by atoms with Crippen LogP contribution in [0.15, 0.2) is 146 Å². The first kappa shape index (κ1) is 21.0. The largest absolute Gasteiger partial charge is 0.309 e. The Bertz CT molecular complexity index is 2100. The molecule has 178 valence electrons. The molecule has 0 fully saturated rings. The lowest BCUT2D eigenvalue weighted by atomic mass is 9.98. The summed E-state index contributed by atoms with van der Waals surface area (Å²) in [6, 6.07) is 52.3. The fraction of sp³-hybridized carbons (Fsp3) is 0. The minimum atomic E-state index is 1.16. The van der Waals surface area contributed by atoms with Crippen molar-refractivity contribution in [3.63, 3.8) is 0 Å². The molecular formula is C36H24N2. The van der Waals surface area contributed by atoms with Gasteiger partial charge in [0.2, 0.25) is 0 Å². The molecule has 0 amide bonds. The quantitative estimate of drug-likeness (QED) is 0.236. The van der Waals surface area contributed by atoms with Gasteiger partial charge in [0.1, 0.15) is 0 Å². The number of fused-ring (bicyclic) bond motifs is 7. The van der Waals surface area contributed by atoms with Crippen LogP contribution in [0.3, 0.4) is 0 Å². The van der Waals surface area contributed by atoms with E-state index in [4.69, 9.17) is 0 Å². The molecule has 0 bridgehead atoms. The average molecular weight is 485 g/mol. The van der Waals surface area contributed by atoms with Crippen molar-refractivity contribution in [3.05, 3.63) is 146 Å². The Morgan fingerprint density at radius 3 is 1.47 bits per heavy atom.